The van der Waals surface area contributed by atoms with Crippen LogP contribution in [0.5, 0.6) is 0 Å². The van der Waals surface area contributed by atoms with Gasteiger partial charge in [-0.15, -0.1) is 0 Å². The zero-order valence-corrected chi connectivity index (χ0v) is 11.4. The Kier molecular flexibility index (Phi) is 5.28. The van der Waals surface area contributed by atoms with Crippen LogP contribution in [0.15, 0.2) is 18.2 Å². The third kappa shape index (κ3) is 4.45. The molecule has 0 aliphatic carbocycles. The minimum Gasteiger partial charge on any atom is -0.353 e. The number of nitrogens with one attached hydrogen (secondary N) is 2. The molecule has 0 aliphatic rings. The number of carbonyl (C=O) groups excluding carboxylic acids is 1. The van der Waals surface area contributed by atoms with Gasteiger partial charge in [0, 0.05) is 12.1 Å². The maximum absolute atomic E-state index is 13.4. The van der Waals surface area contributed by atoms with Crippen LogP contribution in [0.2, 0.25) is 0 Å². The highest BCUT2D eigenvalue weighted by molar-refractivity contribution is 5.78. The summed E-state index contributed by atoms with van der Waals surface area (Å²) in [6, 6.07) is 5.20. The molecule has 1 unspecified atom stereocenters. The summed E-state index contributed by atoms with van der Waals surface area (Å²) in [6.45, 7) is 7.70. The Balaban J connectivity index is 2.52. The third-order valence-electron chi connectivity index (χ3n) is 2.71. The third-order valence-corrected chi connectivity index (χ3v) is 2.71. The molecule has 0 bridgehead atoms. The molecule has 2 N–H and O–H groups in total. The monoisotopic (exact) mass is 252 g/mol. The van der Waals surface area contributed by atoms with Crippen LogP contribution in [-0.2, 0) is 4.79 Å². The van der Waals surface area contributed by atoms with Gasteiger partial charge in [0.2, 0.25) is 5.91 Å². The van der Waals surface area contributed by atoms with Crippen molar-refractivity contribution >= 4 is 5.91 Å². The smallest absolute Gasteiger partial charge is 0.234 e. The second-order valence-electron chi connectivity index (χ2n) is 4.83. The topological polar surface area (TPSA) is 41.1 Å². The van der Waals surface area contributed by atoms with Gasteiger partial charge in [-0.2, -0.15) is 0 Å². The van der Waals surface area contributed by atoms with Gasteiger partial charge in [-0.3, -0.25) is 4.79 Å². The van der Waals surface area contributed by atoms with E-state index >= 15 is 0 Å². The number of hydrogen-bond donors (Lipinski definition) is 2. The summed E-state index contributed by atoms with van der Waals surface area (Å²) in [5.41, 5.74) is 1.47. The molecular formula is C14H21FN2O. The summed E-state index contributed by atoms with van der Waals surface area (Å²) in [4.78, 5) is 11.5. The molecule has 1 aromatic carbocycles. The summed E-state index contributed by atoms with van der Waals surface area (Å²) in [5, 5.41) is 5.87. The molecule has 0 aromatic heterocycles. The lowest BCUT2D eigenvalue weighted by molar-refractivity contribution is -0.120. The van der Waals surface area contributed by atoms with Crippen molar-refractivity contribution in [1.29, 1.82) is 0 Å². The molecule has 0 aliphatic heterocycles. The maximum Gasteiger partial charge on any atom is 0.234 e. The van der Waals surface area contributed by atoms with Crippen molar-refractivity contribution in [2.24, 2.45) is 0 Å². The highest BCUT2D eigenvalue weighted by Gasteiger charge is 2.09. The summed E-state index contributed by atoms with van der Waals surface area (Å²) < 4.78 is 13.4. The number of amides is 1. The molecule has 3 nitrogen and oxygen atoms in total. The summed E-state index contributed by atoms with van der Waals surface area (Å²) in [7, 11) is 0. The minimum absolute atomic E-state index is 0.0515. The Morgan fingerprint density at radius 2 is 2.00 bits per heavy atom. The van der Waals surface area contributed by atoms with Crippen LogP contribution in [0.1, 0.15) is 37.9 Å². The normalized spacial score (nSPS) is 12.6. The molecule has 100 valence electrons. The second-order valence-corrected chi connectivity index (χ2v) is 4.83. The minimum atomic E-state index is -0.215. The molecule has 1 atom stereocenters. The van der Waals surface area contributed by atoms with Crippen molar-refractivity contribution in [3.05, 3.63) is 35.1 Å². The second kappa shape index (κ2) is 6.50. The van der Waals surface area contributed by atoms with Gasteiger partial charge in [-0.05, 0) is 44.9 Å². The SMILES string of the molecule is Cc1ccc(C(C)NCC(=O)NC(C)C)cc1F. The van der Waals surface area contributed by atoms with Crippen LogP contribution in [-0.4, -0.2) is 18.5 Å². The van der Waals surface area contributed by atoms with Crippen LogP contribution in [0.25, 0.3) is 0 Å². The molecule has 1 rings (SSSR count). The first-order valence-corrected chi connectivity index (χ1v) is 6.19. The van der Waals surface area contributed by atoms with Gasteiger partial charge in [0.1, 0.15) is 5.82 Å². The summed E-state index contributed by atoms with van der Waals surface area (Å²) >= 11 is 0. The van der Waals surface area contributed by atoms with Crippen molar-refractivity contribution in [2.45, 2.75) is 39.8 Å². The number of rotatable bonds is 5. The lowest BCUT2D eigenvalue weighted by Crippen LogP contribution is -2.38. The first-order chi connectivity index (χ1) is 8.40. The molecule has 0 saturated heterocycles. The average molecular weight is 252 g/mol. The van der Waals surface area contributed by atoms with Gasteiger partial charge in [-0.1, -0.05) is 12.1 Å². The van der Waals surface area contributed by atoms with Gasteiger partial charge in [0.05, 0.1) is 6.54 Å². The fourth-order valence-corrected chi connectivity index (χ4v) is 1.62. The summed E-state index contributed by atoms with van der Waals surface area (Å²) in [5.74, 6) is -0.266. The Morgan fingerprint density at radius 1 is 1.33 bits per heavy atom. The number of hydrogen-bond acceptors (Lipinski definition) is 2. The van der Waals surface area contributed by atoms with Crippen molar-refractivity contribution in [3.63, 3.8) is 0 Å². The molecule has 0 heterocycles. The fraction of sp³-hybridized carbons (Fsp3) is 0.500. The number of carbonyl (C=O) groups is 1. The summed E-state index contributed by atoms with van der Waals surface area (Å²) in [6.07, 6.45) is 0. The number of aryl methyl sites for hydroxylation is 1. The molecule has 1 aromatic rings. The van der Waals surface area contributed by atoms with E-state index in [4.69, 9.17) is 0 Å². The van der Waals surface area contributed by atoms with E-state index in [0.29, 0.717) is 5.56 Å². The van der Waals surface area contributed by atoms with Crippen LogP contribution in [0, 0.1) is 12.7 Å². The Labute approximate surface area is 108 Å². The van der Waals surface area contributed by atoms with E-state index in [0.717, 1.165) is 5.56 Å². The molecule has 0 fully saturated rings. The highest BCUT2D eigenvalue weighted by atomic mass is 19.1. The lowest BCUT2D eigenvalue weighted by Gasteiger charge is -2.15. The van der Waals surface area contributed by atoms with Gasteiger partial charge >= 0.3 is 0 Å². The van der Waals surface area contributed by atoms with Gasteiger partial charge in [-0.25, -0.2) is 4.39 Å². The van der Waals surface area contributed by atoms with Crippen LogP contribution in [0.3, 0.4) is 0 Å². The van der Waals surface area contributed by atoms with Crippen molar-refractivity contribution in [3.8, 4) is 0 Å². The lowest BCUT2D eigenvalue weighted by atomic mass is 10.1. The van der Waals surface area contributed by atoms with E-state index in [1.54, 1.807) is 13.0 Å². The molecule has 1 amide bonds. The van der Waals surface area contributed by atoms with E-state index < -0.39 is 0 Å². The van der Waals surface area contributed by atoms with E-state index in [-0.39, 0.29) is 30.4 Å². The standard InChI is InChI=1S/C14H21FN2O/c1-9(2)17-14(18)8-16-11(4)12-6-5-10(3)13(15)7-12/h5-7,9,11,16H,8H2,1-4H3,(H,17,18). The van der Waals surface area contributed by atoms with E-state index in [9.17, 15) is 9.18 Å². The van der Waals surface area contributed by atoms with Crippen LogP contribution < -0.4 is 10.6 Å². The zero-order valence-electron chi connectivity index (χ0n) is 11.4. The van der Waals surface area contributed by atoms with Crippen LogP contribution in [0.4, 0.5) is 4.39 Å². The van der Waals surface area contributed by atoms with Gasteiger partial charge in [0.25, 0.3) is 0 Å². The molecular weight excluding hydrogens is 231 g/mol. The van der Waals surface area contributed by atoms with E-state index in [1.165, 1.54) is 6.07 Å². The molecule has 0 radical (unpaired) electrons. The first-order valence-electron chi connectivity index (χ1n) is 6.19. The van der Waals surface area contributed by atoms with Gasteiger partial charge < -0.3 is 10.6 Å². The molecule has 18 heavy (non-hydrogen) atoms. The molecule has 4 heteroatoms. The first kappa shape index (κ1) is 14.6. The van der Waals surface area contributed by atoms with E-state index in [2.05, 4.69) is 10.6 Å². The molecule has 0 spiro atoms. The van der Waals surface area contributed by atoms with Gasteiger partial charge in [0.15, 0.2) is 0 Å². The predicted molar refractivity (Wildman–Crippen MR) is 70.8 cm³/mol. The molecule has 0 saturated carbocycles. The predicted octanol–water partition coefficient (Wildman–Crippen LogP) is 2.31. The Bertz CT molecular complexity index is 418. The van der Waals surface area contributed by atoms with Crippen LogP contribution >= 0.6 is 0 Å². The Hall–Kier alpha value is -1.42. The maximum atomic E-state index is 13.4. The van der Waals surface area contributed by atoms with E-state index in [1.807, 2.05) is 26.8 Å². The number of halogens is 1. The van der Waals surface area contributed by atoms with Crippen molar-refractivity contribution in [2.75, 3.05) is 6.54 Å². The number of benzene rings is 1. The highest BCUT2D eigenvalue weighted by Crippen LogP contribution is 2.15. The quantitative estimate of drug-likeness (QED) is 0.844. The average Bonchev–Trinajstić information content (AvgIpc) is 2.28. The zero-order chi connectivity index (χ0) is 13.7. The Morgan fingerprint density at radius 3 is 2.56 bits per heavy atom. The largest absolute Gasteiger partial charge is 0.353 e. The fourth-order valence-electron chi connectivity index (χ4n) is 1.62. The van der Waals surface area contributed by atoms with Crippen molar-refractivity contribution in [1.82, 2.24) is 10.6 Å². The van der Waals surface area contributed by atoms with Crippen molar-refractivity contribution < 1.29 is 9.18 Å².